The van der Waals surface area contributed by atoms with Crippen LogP contribution in [0, 0.1) is 0 Å². The molecule has 0 saturated heterocycles. The number of aromatic nitrogens is 1. The highest BCUT2D eigenvalue weighted by Crippen LogP contribution is 2.34. The number of nitrogens with one attached hydrogen (secondary N) is 2. The van der Waals surface area contributed by atoms with E-state index < -0.39 is 0 Å². The first-order chi connectivity index (χ1) is 11.6. The second kappa shape index (κ2) is 5.83. The topological polar surface area (TPSA) is 61.3 Å². The summed E-state index contributed by atoms with van der Waals surface area (Å²) in [4.78, 5) is 17.4. The van der Waals surface area contributed by atoms with Crippen LogP contribution in [0.3, 0.4) is 0 Å². The first-order valence-electron chi connectivity index (χ1n) is 8.27. The summed E-state index contributed by atoms with van der Waals surface area (Å²) in [5.74, 6) is 0.957. The van der Waals surface area contributed by atoms with E-state index in [0.29, 0.717) is 11.7 Å². The molecule has 2 aromatic heterocycles. The standard InChI is InChI=1S/C19H21N3O2/c1-22(2)13-6-8-18-15(11-13)14-10-12(5-7-17(14)24-18)21-19(23)16-4-3-9-20-16/h3-5,7,9-10,13,20H,6,8,11H2,1-2H3,(H,21,23). The zero-order chi connectivity index (χ0) is 16.7. The van der Waals surface area contributed by atoms with Crippen LogP contribution < -0.4 is 5.32 Å². The van der Waals surface area contributed by atoms with Crippen molar-refractivity contribution in [2.75, 3.05) is 19.4 Å². The maximum absolute atomic E-state index is 12.2. The average molecular weight is 323 g/mol. The number of nitrogens with zero attached hydrogens (tertiary/aromatic N) is 1. The molecule has 5 nitrogen and oxygen atoms in total. The molecule has 5 heteroatoms. The van der Waals surface area contributed by atoms with Gasteiger partial charge in [-0.15, -0.1) is 0 Å². The van der Waals surface area contributed by atoms with E-state index in [2.05, 4.69) is 29.3 Å². The molecule has 0 saturated carbocycles. The molecular formula is C19H21N3O2. The van der Waals surface area contributed by atoms with E-state index >= 15 is 0 Å². The fourth-order valence-corrected chi connectivity index (χ4v) is 3.45. The smallest absolute Gasteiger partial charge is 0.272 e. The van der Waals surface area contributed by atoms with Gasteiger partial charge in [0.2, 0.25) is 0 Å². The Kier molecular flexibility index (Phi) is 3.65. The molecule has 1 aromatic carbocycles. The molecule has 0 radical (unpaired) electrons. The van der Waals surface area contributed by atoms with E-state index in [1.54, 1.807) is 12.3 Å². The third kappa shape index (κ3) is 2.61. The zero-order valence-corrected chi connectivity index (χ0v) is 13.9. The van der Waals surface area contributed by atoms with E-state index in [1.807, 2.05) is 24.3 Å². The first kappa shape index (κ1) is 15.0. The van der Waals surface area contributed by atoms with Crippen LogP contribution in [0.15, 0.2) is 40.9 Å². The maximum Gasteiger partial charge on any atom is 0.272 e. The van der Waals surface area contributed by atoms with Crippen LogP contribution >= 0.6 is 0 Å². The molecule has 1 atom stereocenters. The van der Waals surface area contributed by atoms with Gasteiger partial charge in [-0.05, 0) is 57.3 Å². The van der Waals surface area contributed by atoms with Crippen molar-refractivity contribution in [3.05, 3.63) is 53.5 Å². The number of likely N-dealkylation sites (N-methyl/N-ethyl adjacent to an activating group) is 1. The van der Waals surface area contributed by atoms with Crippen LogP contribution in [0.2, 0.25) is 0 Å². The molecular weight excluding hydrogens is 302 g/mol. The van der Waals surface area contributed by atoms with E-state index in [4.69, 9.17) is 4.42 Å². The van der Waals surface area contributed by atoms with Crippen LogP contribution in [0.1, 0.15) is 28.2 Å². The number of carbonyl (C=O) groups is 1. The summed E-state index contributed by atoms with van der Waals surface area (Å²) in [6, 6.07) is 9.97. The summed E-state index contributed by atoms with van der Waals surface area (Å²) in [5, 5.41) is 4.06. The highest BCUT2D eigenvalue weighted by molar-refractivity contribution is 6.04. The van der Waals surface area contributed by atoms with Crippen LogP contribution in [-0.2, 0) is 12.8 Å². The Balaban J connectivity index is 1.65. The maximum atomic E-state index is 12.2. The van der Waals surface area contributed by atoms with Gasteiger partial charge in [0.15, 0.2) is 0 Å². The van der Waals surface area contributed by atoms with Gasteiger partial charge in [-0.3, -0.25) is 4.79 Å². The van der Waals surface area contributed by atoms with Crippen LogP contribution in [0.25, 0.3) is 11.0 Å². The van der Waals surface area contributed by atoms with Gasteiger partial charge in [-0.1, -0.05) is 0 Å². The molecule has 1 amide bonds. The number of hydrogen-bond donors (Lipinski definition) is 2. The van der Waals surface area contributed by atoms with Gasteiger partial charge in [0, 0.05) is 35.3 Å². The first-order valence-corrected chi connectivity index (χ1v) is 8.27. The number of anilines is 1. The zero-order valence-electron chi connectivity index (χ0n) is 13.9. The van der Waals surface area contributed by atoms with Gasteiger partial charge in [0.05, 0.1) is 0 Å². The number of benzene rings is 1. The third-order valence-electron chi connectivity index (χ3n) is 4.85. The van der Waals surface area contributed by atoms with Gasteiger partial charge in [-0.2, -0.15) is 0 Å². The Morgan fingerprint density at radius 1 is 1.33 bits per heavy atom. The van der Waals surface area contributed by atoms with E-state index in [-0.39, 0.29) is 5.91 Å². The number of amides is 1. The molecule has 124 valence electrons. The minimum atomic E-state index is -0.136. The average Bonchev–Trinajstić information content (AvgIpc) is 3.21. The molecule has 24 heavy (non-hydrogen) atoms. The van der Waals surface area contributed by atoms with Crippen LogP contribution in [-0.4, -0.2) is 35.9 Å². The number of rotatable bonds is 3. The van der Waals surface area contributed by atoms with Crippen molar-refractivity contribution in [1.82, 2.24) is 9.88 Å². The van der Waals surface area contributed by atoms with E-state index in [9.17, 15) is 4.79 Å². The lowest BCUT2D eigenvalue weighted by Crippen LogP contribution is -2.33. The minimum Gasteiger partial charge on any atom is -0.461 e. The summed E-state index contributed by atoms with van der Waals surface area (Å²) in [5.41, 5.74) is 3.53. The Bertz CT molecular complexity index is 878. The Morgan fingerprint density at radius 2 is 2.21 bits per heavy atom. The van der Waals surface area contributed by atoms with Gasteiger partial charge in [-0.25, -0.2) is 0 Å². The highest BCUT2D eigenvalue weighted by atomic mass is 16.3. The lowest BCUT2D eigenvalue weighted by molar-refractivity contribution is 0.102. The summed E-state index contributed by atoms with van der Waals surface area (Å²) >= 11 is 0. The summed E-state index contributed by atoms with van der Waals surface area (Å²) in [6.45, 7) is 0. The Labute approximate surface area is 140 Å². The van der Waals surface area contributed by atoms with E-state index in [0.717, 1.165) is 41.7 Å². The van der Waals surface area contributed by atoms with Gasteiger partial charge in [0.25, 0.3) is 5.91 Å². The van der Waals surface area contributed by atoms with Crippen molar-refractivity contribution in [2.45, 2.75) is 25.3 Å². The van der Waals surface area contributed by atoms with Crippen molar-refractivity contribution in [3.8, 4) is 0 Å². The molecule has 2 heterocycles. The summed E-state index contributed by atoms with van der Waals surface area (Å²) < 4.78 is 6.01. The fourth-order valence-electron chi connectivity index (χ4n) is 3.45. The SMILES string of the molecule is CN(C)C1CCc2oc3ccc(NC(=O)c4ccc[nH]4)cc3c2C1. The Morgan fingerprint density at radius 3 is 2.96 bits per heavy atom. The number of aryl methyl sites for hydroxylation is 1. The second-order valence-electron chi connectivity index (χ2n) is 6.61. The predicted octanol–water partition coefficient (Wildman–Crippen LogP) is 3.43. The van der Waals surface area contributed by atoms with Crippen molar-refractivity contribution >= 4 is 22.6 Å². The Hall–Kier alpha value is -2.53. The quantitative estimate of drug-likeness (QED) is 0.776. The fraction of sp³-hybridized carbons (Fsp3) is 0.316. The van der Waals surface area contributed by atoms with Gasteiger partial charge < -0.3 is 19.6 Å². The van der Waals surface area contributed by atoms with Gasteiger partial charge >= 0.3 is 0 Å². The summed E-state index contributed by atoms with van der Waals surface area (Å²) in [6.07, 6.45) is 4.82. The molecule has 0 bridgehead atoms. The number of hydrogen-bond acceptors (Lipinski definition) is 3. The normalized spacial score (nSPS) is 17.2. The third-order valence-corrected chi connectivity index (χ3v) is 4.85. The molecule has 0 fully saturated rings. The second-order valence-corrected chi connectivity index (χ2v) is 6.61. The molecule has 0 spiro atoms. The summed E-state index contributed by atoms with van der Waals surface area (Å²) in [7, 11) is 4.25. The largest absolute Gasteiger partial charge is 0.461 e. The number of furan rings is 1. The molecule has 1 unspecified atom stereocenters. The van der Waals surface area contributed by atoms with E-state index in [1.165, 1.54) is 5.56 Å². The van der Waals surface area contributed by atoms with Crippen LogP contribution in [0.4, 0.5) is 5.69 Å². The number of aromatic amines is 1. The van der Waals surface area contributed by atoms with Crippen molar-refractivity contribution < 1.29 is 9.21 Å². The van der Waals surface area contributed by atoms with Crippen molar-refractivity contribution in [3.63, 3.8) is 0 Å². The molecule has 3 aromatic rings. The number of H-pyrrole nitrogens is 1. The number of carbonyl (C=O) groups excluding carboxylic acids is 1. The molecule has 1 aliphatic carbocycles. The van der Waals surface area contributed by atoms with Crippen molar-refractivity contribution in [1.29, 1.82) is 0 Å². The lowest BCUT2D eigenvalue weighted by atomic mass is 9.91. The molecule has 2 N–H and O–H groups in total. The molecule has 4 rings (SSSR count). The highest BCUT2D eigenvalue weighted by Gasteiger charge is 2.25. The monoisotopic (exact) mass is 323 g/mol. The van der Waals surface area contributed by atoms with Gasteiger partial charge in [0.1, 0.15) is 17.0 Å². The number of fused-ring (bicyclic) bond motifs is 3. The molecule has 0 aliphatic heterocycles. The lowest BCUT2D eigenvalue weighted by Gasteiger charge is -2.27. The molecule has 1 aliphatic rings. The predicted molar refractivity (Wildman–Crippen MR) is 94.5 cm³/mol. The van der Waals surface area contributed by atoms with Crippen molar-refractivity contribution in [2.24, 2.45) is 0 Å². The minimum absolute atomic E-state index is 0.136. The van der Waals surface area contributed by atoms with Crippen LogP contribution in [0.5, 0.6) is 0 Å².